The topological polar surface area (TPSA) is 52.4 Å². The zero-order valence-corrected chi connectivity index (χ0v) is 9.40. The van der Waals surface area contributed by atoms with Crippen molar-refractivity contribution in [3.05, 3.63) is 33.6 Å². The summed E-state index contributed by atoms with van der Waals surface area (Å²) in [7, 11) is 0. The van der Waals surface area contributed by atoms with Gasteiger partial charge in [0.1, 0.15) is 11.4 Å². The van der Waals surface area contributed by atoms with E-state index in [0.29, 0.717) is 18.1 Å². The maximum Gasteiger partial charge on any atom is 0.305 e. The summed E-state index contributed by atoms with van der Waals surface area (Å²) >= 11 is 0. The zero-order chi connectivity index (χ0) is 12.2. The van der Waals surface area contributed by atoms with E-state index in [9.17, 15) is 14.5 Å². The van der Waals surface area contributed by atoms with Crippen LogP contribution < -0.4 is 4.74 Å². The number of nitro benzene ring substituents is 1. The number of rotatable bonds is 2. The van der Waals surface area contributed by atoms with Crippen molar-refractivity contribution in [2.75, 3.05) is 0 Å². The van der Waals surface area contributed by atoms with Crippen LogP contribution in [-0.2, 0) is 6.42 Å². The van der Waals surface area contributed by atoms with Gasteiger partial charge < -0.3 is 4.74 Å². The highest BCUT2D eigenvalue weighted by Gasteiger charge is 2.48. The molecule has 0 spiro atoms. The molecule has 1 saturated carbocycles. The van der Waals surface area contributed by atoms with Gasteiger partial charge in [0, 0.05) is 24.1 Å². The van der Waals surface area contributed by atoms with E-state index in [1.807, 2.05) is 6.92 Å². The first-order chi connectivity index (χ1) is 7.99. The fraction of sp³-hybridized carbons (Fsp3) is 0.500. The molecule has 3 rings (SSSR count). The Morgan fingerprint density at radius 3 is 2.82 bits per heavy atom. The Balaban J connectivity index is 2.00. The summed E-state index contributed by atoms with van der Waals surface area (Å²) in [5.41, 5.74) is -0.0239. The zero-order valence-electron chi connectivity index (χ0n) is 9.40. The van der Waals surface area contributed by atoms with Crippen LogP contribution >= 0.6 is 0 Å². The molecule has 5 heteroatoms. The second kappa shape index (κ2) is 3.18. The number of nitrogens with zero attached hydrogens (tertiary/aromatic N) is 1. The van der Waals surface area contributed by atoms with E-state index in [0.717, 1.165) is 24.5 Å². The van der Waals surface area contributed by atoms with E-state index in [4.69, 9.17) is 4.74 Å². The van der Waals surface area contributed by atoms with E-state index >= 15 is 0 Å². The largest absolute Gasteiger partial charge is 0.487 e. The Hall–Kier alpha value is -1.65. The predicted molar refractivity (Wildman–Crippen MR) is 58.5 cm³/mol. The minimum Gasteiger partial charge on any atom is -0.487 e. The molecule has 1 aliphatic heterocycles. The first-order valence-corrected chi connectivity index (χ1v) is 5.65. The highest BCUT2D eigenvalue weighted by atomic mass is 19.1. The van der Waals surface area contributed by atoms with Crippen LogP contribution in [0.3, 0.4) is 0 Å². The first kappa shape index (κ1) is 10.5. The van der Waals surface area contributed by atoms with Crippen molar-refractivity contribution in [3.63, 3.8) is 0 Å². The lowest BCUT2D eigenvalue weighted by molar-refractivity contribution is -0.387. The lowest BCUT2D eigenvalue weighted by atomic mass is 9.94. The van der Waals surface area contributed by atoms with Crippen LogP contribution in [-0.4, -0.2) is 10.5 Å². The van der Waals surface area contributed by atoms with Gasteiger partial charge >= 0.3 is 5.69 Å². The molecule has 1 aliphatic carbocycles. The predicted octanol–water partition coefficient (Wildman–Crippen LogP) is 2.84. The lowest BCUT2D eigenvalue weighted by Crippen LogP contribution is -2.32. The molecule has 2 aliphatic rings. The second-order valence-electron chi connectivity index (χ2n) is 5.03. The molecule has 1 heterocycles. The number of hydrogen-bond donors (Lipinski definition) is 0. The molecule has 0 amide bonds. The minimum absolute atomic E-state index is 0.302. The van der Waals surface area contributed by atoms with Gasteiger partial charge in [0.05, 0.1) is 4.92 Å². The number of halogens is 1. The van der Waals surface area contributed by atoms with Crippen LogP contribution in [0.5, 0.6) is 5.75 Å². The molecule has 90 valence electrons. The molecular formula is C12H12FNO3. The molecule has 1 aromatic rings. The summed E-state index contributed by atoms with van der Waals surface area (Å²) in [4.78, 5) is 9.96. The summed E-state index contributed by atoms with van der Waals surface area (Å²) < 4.78 is 19.2. The number of hydrogen-bond acceptors (Lipinski definition) is 3. The normalized spacial score (nSPS) is 26.5. The highest BCUT2D eigenvalue weighted by molar-refractivity contribution is 5.48. The molecule has 4 nitrogen and oxygen atoms in total. The van der Waals surface area contributed by atoms with E-state index in [1.54, 1.807) is 0 Å². The van der Waals surface area contributed by atoms with Crippen molar-refractivity contribution in [1.29, 1.82) is 0 Å². The summed E-state index contributed by atoms with van der Waals surface area (Å²) in [6, 6.07) is 2.44. The third-order valence-electron chi connectivity index (χ3n) is 3.65. The molecular weight excluding hydrogens is 225 g/mol. The van der Waals surface area contributed by atoms with Crippen molar-refractivity contribution in [2.45, 2.75) is 31.8 Å². The van der Waals surface area contributed by atoms with E-state index in [-0.39, 0.29) is 5.60 Å². The van der Waals surface area contributed by atoms with Crippen molar-refractivity contribution in [2.24, 2.45) is 5.92 Å². The van der Waals surface area contributed by atoms with Crippen LogP contribution in [0, 0.1) is 21.8 Å². The van der Waals surface area contributed by atoms with Gasteiger partial charge in [-0.3, -0.25) is 10.1 Å². The number of ether oxygens (including phenoxy) is 1. The standard InChI is InChI=1S/C12H12FNO3/c1-12(8-2-3-8)6-7-4-10(14(15)16)9(13)5-11(7)17-12/h4-5,8H,2-3,6H2,1H3. The Kier molecular flexibility index (Phi) is 1.97. The smallest absolute Gasteiger partial charge is 0.305 e. The molecule has 1 atom stereocenters. The van der Waals surface area contributed by atoms with E-state index in [1.165, 1.54) is 6.07 Å². The maximum atomic E-state index is 13.4. The summed E-state index contributed by atoms with van der Waals surface area (Å²) in [5.74, 6) is 0.133. The van der Waals surface area contributed by atoms with E-state index < -0.39 is 16.4 Å². The monoisotopic (exact) mass is 237 g/mol. The van der Waals surface area contributed by atoms with Gasteiger partial charge in [0.2, 0.25) is 5.82 Å². The molecule has 0 bridgehead atoms. The molecule has 1 fully saturated rings. The van der Waals surface area contributed by atoms with Crippen LogP contribution in [0.4, 0.5) is 10.1 Å². The third-order valence-corrected chi connectivity index (χ3v) is 3.65. The fourth-order valence-electron chi connectivity index (χ4n) is 2.55. The lowest BCUT2D eigenvalue weighted by Gasteiger charge is -2.23. The first-order valence-electron chi connectivity index (χ1n) is 5.65. The van der Waals surface area contributed by atoms with E-state index in [2.05, 4.69) is 0 Å². The van der Waals surface area contributed by atoms with Gasteiger partial charge in [-0.15, -0.1) is 0 Å². The summed E-state index contributed by atoms with van der Waals surface area (Å²) in [5, 5.41) is 10.7. The molecule has 17 heavy (non-hydrogen) atoms. The average Bonchev–Trinajstić information content (AvgIpc) is 3.01. The molecule has 0 aromatic heterocycles. The SMILES string of the molecule is CC1(C2CC2)Cc2cc([N+](=O)[O-])c(F)cc2O1. The quantitative estimate of drug-likeness (QED) is 0.587. The molecule has 0 saturated heterocycles. The van der Waals surface area contributed by atoms with Crippen molar-refractivity contribution in [1.82, 2.24) is 0 Å². The summed E-state index contributed by atoms with van der Waals surface area (Å²) in [6.07, 6.45) is 2.87. The van der Waals surface area contributed by atoms with Crippen LogP contribution in [0.15, 0.2) is 12.1 Å². The van der Waals surface area contributed by atoms with Gasteiger partial charge in [-0.25, -0.2) is 0 Å². The molecule has 0 N–H and O–H groups in total. The third kappa shape index (κ3) is 1.57. The average molecular weight is 237 g/mol. The van der Waals surface area contributed by atoms with Gasteiger partial charge in [-0.1, -0.05) is 0 Å². The number of nitro groups is 1. The number of benzene rings is 1. The van der Waals surface area contributed by atoms with Gasteiger partial charge in [-0.2, -0.15) is 4.39 Å². The fourth-order valence-corrected chi connectivity index (χ4v) is 2.55. The van der Waals surface area contributed by atoms with Gasteiger partial charge in [0.25, 0.3) is 0 Å². The Morgan fingerprint density at radius 1 is 1.53 bits per heavy atom. The minimum atomic E-state index is -0.825. The van der Waals surface area contributed by atoms with Gasteiger partial charge in [0.15, 0.2) is 0 Å². The Morgan fingerprint density at radius 2 is 2.24 bits per heavy atom. The molecule has 1 unspecified atom stereocenters. The van der Waals surface area contributed by atoms with Crippen LogP contribution in [0.2, 0.25) is 0 Å². The Labute approximate surface area is 97.5 Å². The molecule has 1 aromatic carbocycles. The van der Waals surface area contributed by atoms with Crippen LogP contribution in [0.25, 0.3) is 0 Å². The van der Waals surface area contributed by atoms with Crippen molar-refractivity contribution < 1.29 is 14.1 Å². The van der Waals surface area contributed by atoms with Gasteiger partial charge in [-0.05, 0) is 25.7 Å². The maximum absolute atomic E-state index is 13.4. The van der Waals surface area contributed by atoms with Crippen LogP contribution in [0.1, 0.15) is 25.3 Å². The van der Waals surface area contributed by atoms with Crippen molar-refractivity contribution >= 4 is 5.69 Å². The number of fused-ring (bicyclic) bond motifs is 1. The van der Waals surface area contributed by atoms with Crippen molar-refractivity contribution in [3.8, 4) is 5.75 Å². The summed E-state index contributed by atoms with van der Waals surface area (Å²) in [6.45, 7) is 1.99. The second-order valence-corrected chi connectivity index (χ2v) is 5.03. The highest BCUT2D eigenvalue weighted by Crippen LogP contribution is 2.49. The molecule has 0 radical (unpaired) electrons. The Bertz CT molecular complexity index is 513.